The molecule has 0 unspecified atom stereocenters. The van der Waals surface area contributed by atoms with Gasteiger partial charge in [0.05, 0.1) is 11.3 Å². The van der Waals surface area contributed by atoms with Crippen molar-refractivity contribution in [3.8, 4) is 0 Å². The van der Waals surface area contributed by atoms with E-state index in [0.29, 0.717) is 36.3 Å². The Hall–Kier alpha value is -3.15. The summed E-state index contributed by atoms with van der Waals surface area (Å²) in [7, 11) is 0. The minimum absolute atomic E-state index is 0.0833. The Morgan fingerprint density at radius 1 is 1.14 bits per heavy atom. The fourth-order valence-corrected chi connectivity index (χ4v) is 3.88. The number of nitrogens with zero attached hydrogens (tertiary/aromatic N) is 1. The quantitative estimate of drug-likeness (QED) is 0.840. The molecule has 0 saturated carbocycles. The van der Waals surface area contributed by atoms with Crippen LogP contribution in [-0.4, -0.2) is 35.2 Å². The topological polar surface area (TPSA) is 78.5 Å². The van der Waals surface area contributed by atoms with Crippen molar-refractivity contribution in [2.24, 2.45) is 0 Å². The monoisotopic (exact) mass is 377 g/mol. The van der Waals surface area contributed by atoms with Crippen LogP contribution in [0.4, 0.5) is 11.4 Å². The molecule has 1 atom stereocenters. The molecule has 6 nitrogen and oxygen atoms in total. The van der Waals surface area contributed by atoms with E-state index in [-0.39, 0.29) is 17.7 Å². The molecule has 0 aliphatic carbocycles. The Morgan fingerprint density at radius 2 is 1.96 bits per heavy atom. The SMILES string of the molecule is O=C(CCCc1ccccc1)Nc1ccc2c(c1)C(=O)N1CCC[C@H]1C(=O)N2. The van der Waals surface area contributed by atoms with E-state index in [2.05, 4.69) is 22.8 Å². The summed E-state index contributed by atoms with van der Waals surface area (Å²) in [5, 5.41) is 5.71. The van der Waals surface area contributed by atoms with E-state index in [1.54, 1.807) is 23.1 Å². The molecule has 2 heterocycles. The van der Waals surface area contributed by atoms with Crippen LogP contribution in [0, 0.1) is 0 Å². The van der Waals surface area contributed by atoms with E-state index in [9.17, 15) is 14.4 Å². The molecule has 2 aliphatic heterocycles. The number of aryl methyl sites for hydroxylation is 1. The fraction of sp³-hybridized carbons (Fsp3) is 0.318. The van der Waals surface area contributed by atoms with Gasteiger partial charge in [-0.05, 0) is 49.4 Å². The first-order chi connectivity index (χ1) is 13.6. The predicted molar refractivity (Wildman–Crippen MR) is 107 cm³/mol. The summed E-state index contributed by atoms with van der Waals surface area (Å²) in [6, 6.07) is 14.7. The second kappa shape index (κ2) is 7.84. The number of benzene rings is 2. The largest absolute Gasteiger partial charge is 0.327 e. The van der Waals surface area contributed by atoms with Crippen LogP contribution in [0.1, 0.15) is 41.6 Å². The Morgan fingerprint density at radius 3 is 2.79 bits per heavy atom. The lowest BCUT2D eigenvalue weighted by Gasteiger charge is -2.20. The molecule has 0 aromatic heterocycles. The lowest BCUT2D eigenvalue weighted by Crippen LogP contribution is -2.40. The van der Waals surface area contributed by atoms with Gasteiger partial charge in [-0.3, -0.25) is 14.4 Å². The third-order valence-corrected chi connectivity index (χ3v) is 5.32. The van der Waals surface area contributed by atoms with Gasteiger partial charge < -0.3 is 15.5 Å². The van der Waals surface area contributed by atoms with Gasteiger partial charge in [-0.2, -0.15) is 0 Å². The zero-order chi connectivity index (χ0) is 19.5. The molecule has 1 fully saturated rings. The first-order valence-corrected chi connectivity index (χ1v) is 9.71. The molecular formula is C22H23N3O3. The molecule has 144 valence electrons. The second-order valence-corrected chi connectivity index (χ2v) is 7.29. The molecule has 1 saturated heterocycles. The Kier molecular flexibility index (Phi) is 5.10. The number of hydrogen-bond acceptors (Lipinski definition) is 3. The van der Waals surface area contributed by atoms with E-state index in [0.717, 1.165) is 19.3 Å². The number of hydrogen-bond donors (Lipinski definition) is 2. The Bertz CT molecular complexity index is 910. The molecule has 0 spiro atoms. The number of amides is 3. The normalized spacial score (nSPS) is 18.1. The van der Waals surface area contributed by atoms with E-state index < -0.39 is 6.04 Å². The van der Waals surface area contributed by atoms with Crippen LogP contribution >= 0.6 is 0 Å². The number of anilines is 2. The first kappa shape index (κ1) is 18.2. The smallest absolute Gasteiger partial charge is 0.256 e. The second-order valence-electron chi connectivity index (χ2n) is 7.29. The van der Waals surface area contributed by atoms with Gasteiger partial charge in [0.1, 0.15) is 6.04 Å². The summed E-state index contributed by atoms with van der Waals surface area (Å²) < 4.78 is 0. The van der Waals surface area contributed by atoms with Crippen molar-refractivity contribution in [1.82, 2.24) is 4.90 Å². The van der Waals surface area contributed by atoms with Crippen molar-refractivity contribution < 1.29 is 14.4 Å². The summed E-state index contributed by atoms with van der Waals surface area (Å²) in [6.45, 7) is 0.590. The zero-order valence-electron chi connectivity index (χ0n) is 15.6. The maximum Gasteiger partial charge on any atom is 0.256 e. The van der Waals surface area contributed by atoms with Crippen LogP contribution < -0.4 is 10.6 Å². The van der Waals surface area contributed by atoms with Crippen LogP contribution in [0.25, 0.3) is 0 Å². The van der Waals surface area contributed by atoms with Crippen LogP contribution in [-0.2, 0) is 16.0 Å². The predicted octanol–water partition coefficient (Wildman–Crippen LogP) is 3.20. The van der Waals surface area contributed by atoms with Gasteiger partial charge in [0.25, 0.3) is 5.91 Å². The summed E-state index contributed by atoms with van der Waals surface area (Å²) in [6.07, 6.45) is 3.53. The van der Waals surface area contributed by atoms with Gasteiger partial charge in [-0.15, -0.1) is 0 Å². The minimum atomic E-state index is -0.393. The van der Waals surface area contributed by atoms with E-state index in [4.69, 9.17) is 0 Å². The number of carbonyl (C=O) groups is 3. The Balaban J connectivity index is 1.41. The third-order valence-electron chi connectivity index (χ3n) is 5.32. The molecule has 4 rings (SSSR count). The van der Waals surface area contributed by atoms with Crippen molar-refractivity contribution in [3.05, 3.63) is 59.7 Å². The van der Waals surface area contributed by atoms with Gasteiger partial charge in [-0.1, -0.05) is 30.3 Å². The number of fused-ring (bicyclic) bond motifs is 2. The first-order valence-electron chi connectivity index (χ1n) is 9.71. The van der Waals surface area contributed by atoms with E-state index in [1.165, 1.54) is 5.56 Å². The average molecular weight is 377 g/mol. The van der Waals surface area contributed by atoms with E-state index >= 15 is 0 Å². The lowest BCUT2D eigenvalue weighted by molar-refractivity contribution is -0.119. The molecule has 6 heteroatoms. The standard InChI is InChI=1S/C22H23N3O3/c26-20(10-4-8-15-6-2-1-3-7-15)23-16-11-12-18-17(14-16)22(28)25-13-5-9-19(25)21(27)24-18/h1-3,6-7,11-12,14,19H,4-5,8-10,13H2,(H,23,26)(H,24,27)/t19-/m0/s1. The highest BCUT2D eigenvalue weighted by Crippen LogP contribution is 2.30. The molecule has 0 bridgehead atoms. The van der Waals surface area contributed by atoms with Crippen LogP contribution in [0.3, 0.4) is 0 Å². The van der Waals surface area contributed by atoms with Crippen LogP contribution in [0.15, 0.2) is 48.5 Å². The third kappa shape index (κ3) is 3.76. The molecule has 2 aliphatic rings. The summed E-state index contributed by atoms with van der Waals surface area (Å²) in [4.78, 5) is 39.1. The highest BCUT2D eigenvalue weighted by molar-refractivity contribution is 6.11. The van der Waals surface area contributed by atoms with Crippen LogP contribution in [0.5, 0.6) is 0 Å². The van der Waals surface area contributed by atoms with Gasteiger partial charge >= 0.3 is 0 Å². The zero-order valence-corrected chi connectivity index (χ0v) is 15.6. The minimum Gasteiger partial charge on any atom is -0.327 e. The van der Waals surface area contributed by atoms with Gasteiger partial charge in [0, 0.05) is 18.7 Å². The van der Waals surface area contributed by atoms with Crippen molar-refractivity contribution in [2.45, 2.75) is 38.1 Å². The molecule has 28 heavy (non-hydrogen) atoms. The van der Waals surface area contributed by atoms with Crippen LogP contribution in [0.2, 0.25) is 0 Å². The molecule has 3 amide bonds. The highest BCUT2D eigenvalue weighted by Gasteiger charge is 2.38. The fourth-order valence-electron chi connectivity index (χ4n) is 3.88. The summed E-state index contributed by atoms with van der Waals surface area (Å²) in [5.41, 5.74) is 2.72. The van der Waals surface area contributed by atoms with Crippen molar-refractivity contribution in [3.63, 3.8) is 0 Å². The summed E-state index contributed by atoms with van der Waals surface area (Å²) >= 11 is 0. The molecule has 2 N–H and O–H groups in total. The van der Waals surface area contributed by atoms with Gasteiger partial charge in [0.15, 0.2) is 0 Å². The highest BCUT2D eigenvalue weighted by atomic mass is 16.2. The van der Waals surface area contributed by atoms with Crippen molar-refractivity contribution >= 4 is 29.1 Å². The number of rotatable bonds is 5. The molecule has 2 aromatic carbocycles. The molecule has 2 aromatic rings. The van der Waals surface area contributed by atoms with E-state index in [1.807, 2.05) is 18.2 Å². The maximum absolute atomic E-state index is 12.9. The van der Waals surface area contributed by atoms with Crippen molar-refractivity contribution in [2.75, 3.05) is 17.2 Å². The number of nitrogens with one attached hydrogen (secondary N) is 2. The van der Waals surface area contributed by atoms with Gasteiger partial charge in [-0.25, -0.2) is 0 Å². The number of carbonyl (C=O) groups excluding carboxylic acids is 3. The Labute approximate surface area is 163 Å². The summed E-state index contributed by atoms with van der Waals surface area (Å²) in [5.74, 6) is -0.377. The van der Waals surface area contributed by atoms with Gasteiger partial charge in [0.2, 0.25) is 11.8 Å². The average Bonchev–Trinajstić information content (AvgIpc) is 3.16. The molecule has 0 radical (unpaired) electrons. The maximum atomic E-state index is 12.9. The lowest BCUT2D eigenvalue weighted by atomic mass is 10.1. The van der Waals surface area contributed by atoms with Crippen molar-refractivity contribution in [1.29, 1.82) is 0 Å². The molecular weight excluding hydrogens is 354 g/mol.